The molecule has 0 spiro atoms. The summed E-state index contributed by atoms with van der Waals surface area (Å²) in [6, 6.07) is 7.59. The van der Waals surface area contributed by atoms with Crippen molar-refractivity contribution in [2.45, 2.75) is 13.3 Å². The van der Waals surface area contributed by atoms with Crippen LogP contribution in [0.15, 0.2) is 29.3 Å². The molecule has 0 saturated carbocycles. The molecule has 0 radical (unpaired) electrons. The lowest BCUT2D eigenvalue weighted by molar-refractivity contribution is 0.0954. The Labute approximate surface area is 144 Å². The first-order chi connectivity index (χ1) is 11.6. The predicted molar refractivity (Wildman–Crippen MR) is 96.4 cm³/mol. The minimum absolute atomic E-state index is 0.0491. The second-order valence-corrected chi connectivity index (χ2v) is 6.21. The Morgan fingerprint density at radius 3 is 2.83 bits per heavy atom. The van der Waals surface area contributed by atoms with Gasteiger partial charge < -0.3 is 20.3 Å². The molecule has 1 fully saturated rings. The molecule has 0 aliphatic carbocycles. The largest absolute Gasteiger partial charge is 0.381 e. The molecule has 0 bridgehead atoms. The van der Waals surface area contributed by atoms with Crippen molar-refractivity contribution in [3.8, 4) is 0 Å². The van der Waals surface area contributed by atoms with Crippen LogP contribution < -0.4 is 10.6 Å². The maximum absolute atomic E-state index is 12.1. The molecule has 2 N–H and O–H groups in total. The lowest BCUT2D eigenvalue weighted by atomic mass is 10.1. The number of aryl methyl sites for hydroxylation is 1. The second kappa shape index (κ2) is 9.27. The fourth-order valence-electron chi connectivity index (χ4n) is 2.82. The Bertz CT molecular complexity index is 568. The first-order valence-electron chi connectivity index (χ1n) is 8.44. The van der Waals surface area contributed by atoms with Crippen LogP contribution in [0.1, 0.15) is 22.3 Å². The number of nitrogens with one attached hydrogen (secondary N) is 2. The topological polar surface area (TPSA) is 66.0 Å². The van der Waals surface area contributed by atoms with Crippen LogP contribution in [0.3, 0.4) is 0 Å². The zero-order valence-corrected chi connectivity index (χ0v) is 14.8. The van der Waals surface area contributed by atoms with Crippen molar-refractivity contribution in [2.24, 2.45) is 10.9 Å². The van der Waals surface area contributed by atoms with Crippen LogP contribution >= 0.6 is 0 Å². The molecular weight excluding hydrogens is 304 g/mol. The van der Waals surface area contributed by atoms with Crippen molar-refractivity contribution in [1.29, 1.82) is 0 Å². The van der Waals surface area contributed by atoms with Crippen LogP contribution in [-0.2, 0) is 4.74 Å². The van der Waals surface area contributed by atoms with Gasteiger partial charge in [-0.15, -0.1) is 0 Å². The highest BCUT2D eigenvalue weighted by molar-refractivity contribution is 5.94. The molecule has 1 aromatic rings. The highest BCUT2D eigenvalue weighted by Gasteiger charge is 2.18. The highest BCUT2D eigenvalue weighted by atomic mass is 16.5. The summed E-state index contributed by atoms with van der Waals surface area (Å²) in [5.41, 5.74) is 1.77. The normalized spacial score (nSPS) is 17.6. The number of ether oxygens (including phenoxy) is 1. The van der Waals surface area contributed by atoms with Crippen molar-refractivity contribution >= 4 is 11.9 Å². The first-order valence-corrected chi connectivity index (χ1v) is 8.44. The van der Waals surface area contributed by atoms with Crippen molar-refractivity contribution in [3.63, 3.8) is 0 Å². The Kier molecular flexibility index (Phi) is 7.06. The van der Waals surface area contributed by atoms with Gasteiger partial charge in [0.05, 0.1) is 6.61 Å². The molecule has 132 valence electrons. The average Bonchev–Trinajstić information content (AvgIpc) is 3.07. The molecule has 1 aromatic carbocycles. The van der Waals surface area contributed by atoms with E-state index in [-0.39, 0.29) is 5.91 Å². The van der Waals surface area contributed by atoms with Crippen LogP contribution in [0, 0.1) is 12.8 Å². The molecule has 6 nitrogen and oxygen atoms in total. The van der Waals surface area contributed by atoms with Gasteiger partial charge in [-0.2, -0.15) is 0 Å². The fraction of sp³-hybridized carbons (Fsp3) is 0.556. The Hall–Kier alpha value is -2.08. The van der Waals surface area contributed by atoms with Crippen molar-refractivity contribution in [1.82, 2.24) is 15.5 Å². The molecule has 24 heavy (non-hydrogen) atoms. The summed E-state index contributed by atoms with van der Waals surface area (Å²) in [7, 11) is 3.80. The number of aliphatic imine (C=N–C) groups is 1. The third-order valence-electron chi connectivity index (χ3n) is 4.10. The van der Waals surface area contributed by atoms with Crippen molar-refractivity contribution in [3.05, 3.63) is 35.4 Å². The van der Waals surface area contributed by atoms with Crippen LogP contribution in [0.4, 0.5) is 0 Å². The maximum atomic E-state index is 12.1. The Balaban J connectivity index is 1.70. The van der Waals surface area contributed by atoms with Gasteiger partial charge in [0.2, 0.25) is 0 Å². The van der Waals surface area contributed by atoms with Crippen LogP contribution in [0.2, 0.25) is 0 Å². The van der Waals surface area contributed by atoms with Crippen molar-refractivity contribution < 1.29 is 9.53 Å². The van der Waals surface area contributed by atoms with Gasteiger partial charge in [-0.25, -0.2) is 0 Å². The number of rotatable bonds is 6. The summed E-state index contributed by atoms with van der Waals surface area (Å²) in [5.74, 6) is 1.35. The summed E-state index contributed by atoms with van der Waals surface area (Å²) in [6.45, 7) is 5.77. The second-order valence-electron chi connectivity index (χ2n) is 6.21. The lowest BCUT2D eigenvalue weighted by Gasteiger charge is -2.24. The number of guanidine groups is 1. The van der Waals surface area contributed by atoms with E-state index in [1.807, 2.05) is 38.2 Å². The standard InChI is InChI=1S/C18H28N4O2/c1-14-5-4-6-16(11-14)17(23)20-8-9-21-18(19-2)22(3)12-15-7-10-24-13-15/h4-6,11,15H,7-10,12-13H2,1-3H3,(H,19,21)(H,20,23). The molecule has 1 unspecified atom stereocenters. The molecule has 1 saturated heterocycles. The summed E-state index contributed by atoms with van der Waals surface area (Å²) < 4.78 is 5.41. The molecule has 1 heterocycles. The molecule has 1 amide bonds. The summed E-state index contributed by atoms with van der Waals surface area (Å²) in [5, 5.41) is 6.20. The fourth-order valence-corrected chi connectivity index (χ4v) is 2.82. The minimum atomic E-state index is -0.0491. The van der Waals surface area contributed by atoms with Gasteiger partial charge in [-0.3, -0.25) is 9.79 Å². The van der Waals surface area contributed by atoms with Gasteiger partial charge in [0.25, 0.3) is 5.91 Å². The van der Waals surface area contributed by atoms with Crippen LogP contribution in [0.5, 0.6) is 0 Å². The number of nitrogens with zero attached hydrogens (tertiary/aromatic N) is 2. The zero-order valence-electron chi connectivity index (χ0n) is 14.8. The van der Waals surface area contributed by atoms with E-state index in [2.05, 4.69) is 20.5 Å². The molecule has 6 heteroatoms. The molecular formula is C18H28N4O2. The van der Waals surface area contributed by atoms with Gasteiger partial charge >= 0.3 is 0 Å². The molecule has 1 atom stereocenters. The van der Waals surface area contributed by atoms with E-state index in [0.29, 0.717) is 24.6 Å². The molecule has 0 aromatic heterocycles. The number of hydrogen-bond acceptors (Lipinski definition) is 3. The van der Waals surface area contributed by atoms with E-state index in [4.69, 9.17) is 4.74 Å². The van der Waals surface area contributed by atoms with Crippen LogP contribution in [-0.4, -0.2) is 63.7 Å². The van der Waals surface area contributed by atoms with Crippen LogP contribution in [0.25, 0.3) is 0 Å². The van der Waals surface area contributed by atoms with Crippen molar-refractivity contribution in [2.75, 3.05) is 46.9 Å². The van der Waals surface area contributed by atoms with Gasteiger partial charge in [-0.05, 0) is 25.5 Å². The van der Waals surface area contributed by atoms with Gasteiger partial charge in [0.1, 0.15) is 0 Å². The summed E-state index contributed by atoms with van der Waals surface area (Å²) in [4.78, 5) is 18.5. The number of carbonyl (C=O) groups is 1. The number of carbonyl (C=O) groups excluding carboxylic acids is 1. The monoisotopic (exact) mass is 332 g/mol. The Morgan fingerprint density at radius 1 is 1.38 bits per heavy atom. The third-order valence-corrected chi connectivity index (χ3v) is 4.10. The highest BCUT2D eigenvalue weighted by Crippen LogP contribution is 2.13. The number of benzene rings is 1. The van der Waals surface area contributed by atoms with Gasteiger partial charge in [0.15, 0.2) is 5.96 Å². The average molecular weight is 332 g/mol. The number of hydrogen-bond donors (Lipinski definition) is 2. The maximum Gasteiger partial charge on any atom is 0.251 e. The third kappa shape index (κ3) is 5.53. The minimum Gasteiger partial charge on any atom is -0.381 e. The molecule has 1 aliphatic heterocycles. The van der Waals surface area contributed by atoms with E-state index >= 15 is 0 Å². The van der Waals surface area contributed by atoms with Gasteiger partial charge in [-0.1, -0.05) is 17.7 Å². The summed E-state index contributed by atoms with van der Waals surface area (Å²) >= 11 is 0. The number of amides is 1. The predicted octanol–water partition coefficient (Wildman–Crippen LogP) is 1.27. The smallest absolute Gasteiger partial charge is 0.251 e. The first kappa shape index (κ1) is 18.3. The zero-order chi connectivity index (χ0) is 17.4. The molecule has 1 aliphatic rings. The van der Waals surface area contributed by atoms with E-state index in [0.717, 1.165) is 37.7 Å². The van der Waals surface area contributed by atoms with Gasteiger partial charge in [0, 0.05) is 51.8 Å². The lowest BCUT2D eigenvalue weighted by Crippen LogP contribution is -2.44. The summed E-state index contributed by atoms with van der Waals surface area (Å²) in [6.07, 6.45) is 1.11. The van der Waals surface area contributed by atoms with E-state index in [1.54, 1.807) is 7.05 Å². The quantitative estimate of drug-likeness (QED) is 0.468. The van der Waals surface area contributed by atoms with E-state index in [9.17, 15) is 4.79 Å². The molecule has 2 rings (SSSR count). The SMILES string of the molecule is CN=C(NCCNC(=O)c1cccc(C)c1)N(C)CC1CCOC1. The van der Waals surface area contributed by atoms with E-state index < -0.39 is 0 Å². The van der Waals surface area contributed by atoms with E-state index in [1.165, 1.54) is 0 Å². The Morgan fingerprint density at radius 2 is 2.17 bits per heavy atom.